The van der Waals surface area contributed by atoms with Gasteiger partial charge in [0.15, 0.2) is 5.78 Å². The lowest BCUT2D eigenvalue weighted by atomic mass is 10.1. The second-order valence-corrected chi connectivity index (χ2v) is 4.50. The number of carbonyl (C=O) groups is 2. The highest BCUT2D eigenvalue weighted by Crippen LogP contribution is 2.12. The van der Waals surface area contributed by atoms with Crippen molar-refractivity contribution in [3.05, 3.63) is 78.0 Å². The molecule has 0 aliphatic heterocycles. The minimum Gasteiger partial charge on any atom is -0.461 e. The molecule has 0 atom stereocenters. The second kappa shape index (κ2) is 7.78. The molecule has 0 saturated heterocycles. The van der Waals surface area contributed by atoms with Crippen LogP contribution in [0.3, 0.4) is 0 Å². The summed E-state index contributed by atoms with van der Waals surface area (Å²) in [7, 11) is 0. The van der Waals surface area contributed by atoms with Gasteiger partial charge in [-0.1, -0.05) is 48.5 Å². The van der Waals surface area contributed by atoms with E-state index in [2.05, 4.69) is 5.32 Å². The average molecular weight is 295 g/mol. The van der Waals surface area contributed by atoms with Crippen LogP contribution in [0.4, 0.5) is 5.69 Å². The van der Waals surface area contributed by atoms with Crippen LogP contribution >= 0.6 is 0 Å². The van der Waals surface area contributed by atoms with Crippen molar-refractivity contribution in [2.45, 2.75) is 6.92 Å². The third-order valence-corrected chi connectivity index (χ3v) is 2.88. The third-order valence-electron chi connectivity index (χ3n) is 2.88. The number of ketones is 1. The second-order valence-electron chi connectivity index (χ2n) is 4.50. The Hall–Kier alpha value is -2.88. The van der Waals surface area contributed by atoms with E-state index in [1.807, 2.05) is 24.3 Å². The molecule has 112 valence electrons. The topological polar surface area (TPSA) is 55.4 Å². The van der Waals surface area contributed by atoms with Crippen LogP contribution in [0.2, 0.25) is 0 Å². The molecule has 0 amide bonds. The first kappa shape index (κ1) is 15.5. The summed E-state index contributed by atoms with van der Waals surface area (Å²) < 4.78 is 4.99. The number of carbonyl (C=O) groups excluding carboxylic acids is 2. The minimum absolute atomic E-state index is 0.113. The maximum absolute atomic E-state index is 12.2. The average Bonchev–Trinajstić information content (AvgIpc) is 2.56. The van der Waals surface area contributed by atoms with Gasteiger partial charge < -0.3 is 10.1 Å². The summed E-state index contributed by atoms with van der Waals surface area (Å²) in [5.41, 5.74) is 1.34. The van der Waals surface area contributed by atoms with Gasteiger partial charge in [0.2, 0.25) is 0 Å². The van der Waals surface area contributed by atoms with Crippen LogP contribution in [0.15, 0.2) is 72.4 Å². The van der Waals surface area contributed by atoms with E-state index in [-0.39, 0.29) is 18.1 Å². The molecular formula is C18H17NO3. The Morgan fingerprint density at radius 1 is 1.00 bits per heavy atom. The Labute approximate surface area is 129 Å². The molecule has 0 radical (unpaired) electrons. The number of ether oxygens (including phenoxy) is 1. The largest absolute Gasteiger partial charge is 0.461 e. The number of rotatable bonds is 6. The summed E-state index contributed by atoms with van der Waals surface area (Å²) in [5.74, 6) is -0.817. The van der Waals surface area contributed by atoms with Gasteiger partial charge in [-0.25, -0.2) is 4.79 Å². The summed E-state index contributed by atoms with van der Waals surface area (Å²) in [6, 6.07) is 17.9. The van der Waals surface area contributed by atoms with E-state index in [4.69, 9.17) is 4.74 Å². The van der Waals surface area contributed by atoms with Crippen LogP contribution < -0.4 is 5.32 Å². The molecule has 0 unspecified atom stereocenters. The lowest BCUT2D eigenvalue weighted by Gasteiger charge is -2.10. The first-order valence-corrected chi connectivity index (χ1v) is 7.01. The number of para-hydroxylation sites is 1. The van der Waals surface area contributed by atoms with E-state index in [1.54, 1.807) is 43.3 Å². The Balaban J connectivity index is 2.25. The van der Waals surface area contributed by atoms with Gasteiger partial charge in [0.25, 0.3) is 0 Å². The van der Waals surface area contributed by atoms with Gasteiger partial charge in [-0.05, 0) is 19.1 Å². The zero-order valence-electron chi connectivity index (χ0n) is 12.3. The zero-order chi connectivity index (χ0) is 15.8. The van der Waals surface area contributed by atoms with Gasteiger partial charge in [0, 0.05) is 17.3 Å². The van der Waals surface area contributed by atoms with E-state index >= 15 is 0 Å². The summed E-state index contributed by atoms with van der Waals surface area (Å²) in [6.45, 7) is 1.96. The highest BCUT2D eigenvalue weighted by Gasteiger charge is 2.14. The van der Waals surface area contributed by atoms with Crippen LogP contribution in [0.5, 0.6) is 0 Å². The fraction of sp³-hybridized carbons (Fsp3) is 0.111. The molecule has 0 fully saturated rings. The van der Waals surface area contributed by atoms with Crippen molar-refractivity contribution < 1.29 is 14.3 Å². The molecule has 2 rings (SSSR count). The number of allylic oxidation sites excluding steroid dienone is 1. The fourth-order valence-electron chi connectivity index (χ4n) is 1.85. The minimum atomic E-state index is -0.560. The van der Waals surface area contributed by atoms with Crippen molar-refractivity contribution in [3.8, 4) is 0 Å². The van der Waals surface area contributed by atoms with E-state index in [1.165, 1.54) is 6.08 Å². The third kappa shape index (κ3) is 4.31. The molecule has 0 spiro atoms. The molecule has 0 saturated carbocycles. The first-order chi connectivity index (χ1) is 10.7. The van der Waals surface area contributed by atoms with Crippen molar-refractivity contribution in [2.24, 2.45) is 0 Å². The monoisotopic (exact) mass is 295 g/mol. The molecule has 0 heterocycles. The SMILES string of the molecule is CCOC(=O)/C(=C/C(=O)c1ccccc1)Nc1ccccc1. The summed E-state index contributed by atoms with van der Waals surface area (Å²) in [6.07, 6.45) is 1.26. The smallest absolute Gasteiger partial charge is 0.354 e. The first-order valence-electron chi connectivity index (χ1n) is 7.01. The van der Waals surface area contributed by atoms with Crippen molar-refractivity contribution in [1.82, 2.24) is 0 Å². The van der Waals surface area contributed by atoms with E-state index < -0.39 is 5.97 Å². The van der Waals surface area contributed by atoms with Crippen LogP contribution in [0.25, 0.3) is 0 Å². The molecule has 22 heavy (non-hydrogen) atoms. The van der Waals surface area contributed by atoms with E-state index in [0.717, 1.165) is 0 Å². The Morgan fingerprint density at radius 2 is 1.59 bits per heavy atom. The predicted octanol–water partition coefficient (Wildman–Crippen LogP) is 3.43. The van der Waals surface area contributed by atoms with Gasteiger partial charge in [-0.3, -0.25) is 4.79 Å². The number of hydrogen-bond acceptors (Lipinski definition) is 4. The molecule has 0 aliphatic carbocycles. The zero-order valence-corrected chi connectivity index (χ0v) is 12.3. The number of hydrogen-bond donors (Lipinski definition) is 1. The number of nitrogens with one attached hydrogen (secondary N) is 1. The van der Waals surface area contributed by atoms with Crippen molar-refractivity contribution in [2.75, 3.05) is 11.9 Å². The maximum Gasteiger partial charge on any atom is 0.354 e. The van der Waals surface area contributed by atoms with E-state index in [9.17, 15) is 9.59 Å². The number of esters is 1. The van der Waals surface area contributed by atoms with Gasteiger partial charge in [-0.2, -0.15) is 0 Å². The maximum atomic E-state index is 12.2. The molecule has 1 N–H and O–H groups in total. The quantitative estimate of drug-likeness (QED) is 0.504. The predicted molar refractivity (Wildman–Crippen MR) is 85.6 cm³/mol. The van der Waals surface area contributed by atoms with Gasteiger partial charge in [-0.15, -0.1) is 0 Å². The Kier molecular flexibility index (Phi) is 5.49. The Bertz CT molecular complexity index is 663. The molecule has 0 aromatic heterocycles. The van der Waals surface area contributed by atoms with Crippen LogP contribution in [-0.2, 0) is 9.53 Å². The van der Waals surface area contributed by atoms with Crippen LogP contribution in [0, 0.1) is 0 Å². The summed E-state index contributed by atoms with van der Waals surface area (Å²) in [4.78, 5) is 24.2. The molecule has 4 heteroatoms. The molecule has 0 bridgehead atoms. The normalized spacial score (nSPS) is 10.9. The van der Waals surface area contributed by atoms with Gasteiger partial charge in [0.05, 0.1) is 6.61 Å². The highest BCUT2D eigenvalue weighted by atomic mass is 16.5. The van der Waals surface area contributed by atoms with Crippen LogP contribution in [-0.4, -0.2) is 18.4 Å². The molecule has 4 nitrogen and oxygen atoms in total. The molecule has 2 aromatic rings. The Morgan fingerprint density at radius 3 is 2.18 bits per heavy atom. The van der Waals surface area contributed by atoms with Crippen molar-refractivity contribution in [1.29, 1.82) is 0 Å². The van der Waals surface area contributed by atoms with E-state index in [0.29, 0.717) is 11.3 Å². The lowest BCUT2D eigenvalue weighted by molar-refractivity contribution is -0.138. The molecule has 2 aromatic carbocycles. The fourth-order valence-corrected chi connectivity index (χ4v) is 1.85. The van der Waals surface area contributed by atoms with Gasteiger partial charge >= 0.3 is 5.97 Å². The van der Waals surface area contributed by atoms with Crippen LogP contribution in [0.1, 0.15) is 17.3 Å². The summed E-state index contributed by atoms with van der Waals surface area (Å²) >= 11 is 0. The molecule has 0 aliphatic rings. The standard InChI is InChI=1S/C18H17NO3/c1-2-22-18(21)16(19-15-11-7-4-8-12-15)13-17(20)14-9-5-3-6-10-14/h3-13,19H,2H2,1H3/b16-13-. The van der Waals surface area contributed by atoms with Crippen molar-refractivity contribution >= 4 is 17.4 Å². The summed E-state index contributed by atoms with van der Waals surface area (Å²) in [5, 5.41) is 2.93. The van der Waals surface area contributed by atoms with Crippen molar-refractivity contribution in [3.63, 3.8) is 0 Å². The number of benzene rings is 2. The molecular weight excluding hydrogens is 278 g/mol. The highest BCUT2D eigenvalue weighted by molar-refractivity contribution is 6.09. The van der Waals surface area contributed by atoms with Gasteiger partial charge in [0.1, 0.15) is 5.70 Å². The lowest BCUT2D eigenvalue weighted by Crippen LogP contribution is -2.16. The number of anilines is 1.